The van der Waals surface area contributed by atoms with Gasteiger partial charge in [-0.2, -0.15) is 0 Å². The molecule has 0 spiro atoms. The van der Waals surface area contributed by atoms with Gasteiger partial charge in [-0.25, -0.2) is 0 Å². The monoisotopic (exact) mass is 412 g/mol. The number of benzene rings is 2. The highest BCUT2D eigenvalue weighted by Crippen LogP contribution is 2.18. The zero-order valence-corrected chi connectivity index (χ0v) is 18.9. The third kappa shape index (κ3) is 7.24. The molecular formula is C24H32N2O2S. The molecular weight excluding hydrogens is 380 g/mol. The van der Waals surface area contributed by atoms with Crippen molar-refractivity contribution in [1.29, 1.82) is 0 Å². The smallest absolute Gasteiger partial charge is 0.242 e. The maximum Gasteiger partial charge on any atom is 0.242 e. The minimum Gasteiger partial charge on any atom is -0.352 e. The topological polar surface area (TPSA) is 49.4 Å². The number of hydrogen-bond donors (Lipinski definition) is 1. The van der Waals surface area contributed by atoms with Gasteiger partial charge in [0.2, 0.25) is 11.8 Å². The molecule has 0 aliphatic heterocycles. The third-order valence-corrected chi connectivity index (χ3v) is 5.77. The normalized spacial score (nSPS) is 11.9. The van der Waals surface area contributed by atoms with Gasteiger partial charge in [0.05, 0.1) is 5.75 Å². The van der Waals surface area contributed by atoms with Gasteiger partial charge < -0.3 is 10.2 Å². The Kier molecular flexibility index (Phi) is 8.77. The number of thioether (sulfide) groups is 1. The second kappa shape index (κ2) is 11.1. The Balaban J connectivity index is 2.09. The maximum atomic E-state index is 13.1. The first-order valence-corrected chi connectivity index (χ1v) is 11.2. The van der Waals surface area contributed by atoms with Gasteiger partial charge in [0, 0.05) is 18.3 Å². The van der Waals surface area contributed by atoms with E-state index in [1.807, 2.05) is 51.1 Å². The third-order valence-electron chi connectivity index (χ3n) is 4.78. The SMILES string of the molecule is Cc1cccc(CSCC(=O)N(Cc2ccccc2C)C(C)C(=O)NC(C)C)c1. The van der Waals surface area contributed by atoms with E-state index in [4.69, 9.17) is 0 Å². The minimum atomic E-state index is -0.524. The molecule has 0 saturated heterocycles. The van der Waals surface area contributed by atoms with E-state index in [0.29, 0.717) is 12.3 Å². The molecule has 0 aromatic heterocycles. The summed E-state index contributed by atoms with van der Waals surface area (Å²) in [6, 6.07) is 15.8. The number of aryl methyl sites for hydroxylation is 2. The molecule has 2 rings (SSSR count). The van der Waals surface area contributed by atoms with Crippen molar-refractivity contribution in [3.8, 4) is 0 Å². The first-order valence-electron chi connectivity index (χ1n) is 10.1. The quantitative estimate of drug-likeness (QED) is 0.661. The second-order valence-corrected chi connectivity index (χ2v) is 8.75. The number of nitrogens with zero attached hydrogens (tertiary/aromatic N) is 1. The van der Waals surface area contributed by atoms with E-state index in [-0.39, 0.29) is 17.9 Å². The van der Waals surface area contributed by atoms with E-state index in [1.165, 1.54) is 11.1 Å². The number of carbonyl (C=O) groups excluding carboxylic acids is 2. The van der Waals surface area contributed by atoms with Crippen molar-refractivity contribution in [2.45, 2.75) is 59.0 Å². The molecule has 0 saturated carbocycles. The van der Waals surface area contributed by atoms with Gasteiger partial charge in [-0.1, -0.05) is 54.1 Å². The Bertz CT molecular complexity index is 835. The first-order chi connectivity index (χ1) is 13.8. The second-order valence-electron chi connectivity index (χ2n) is 7.77. The fourth-order valence-corrected chi connectivity index (χ4v) is 3.96. The van der Waals surface area contributed by atoms with Crippen LogP contribution in [0.25, 0.3) is 0 Å². The van der Waals surface area contributed by atoms with Gasteiger partial charge in [-0.3, -0.25) is 9.59 Å². The molecule has 2 aromatic rings. The van der Waals surface area contributed by atoms with E-state index in [0.717, 1.165) is 16.9 Å². The Morgan fingerprint density at radius 1 is 1.03 bits per heavy atom. The van der Waals surface area contributed by atoms with Gasteiger partial charge in [0.1, 0.15) is 6.04 Å². The number of hydrogen-bond acceptors (Lipinski definition) is 3. The van der Waals surface area contributed by atoms with Crippen LogP contribution in [0.15, 0.2) is 48.5 Å². The average Bonchev–Trinajstić information content (AvgIpc) is 2.66. The highest BCUT2D eigenvalue weighted by molar-refractivity contribution is 7.99. The molecule has 0 bridgehead atoms. The summed E-state index contributed by atoms with van der Waals surface area (Å²) in [5, 5.41) is 2.93. The minimum absolute atomic E-state index is 0.0164. The average molecular weight is 413 g/mol. The van der Waals surface area contributed by atoms with Crippen LogP contribution in [0.4, 0.5) is 0 Å². The van der Waals surface area contributed by atoms with Crippen LogP contribution in [0.3, 0.4) is 0 Å². The standard InChI is InChI=1S/C24H32N2O2S/c1-17(2)25-24(28)20(5)26(14-22-12-7-6-10-19(22)4)23(27)16-29-15-21-11-8-9-18(3)13-21/h6-13,17,20H,14-16H2,1-5H3,(H,25,28). The molecule has 4 nitrogen and oxygen atoms in total. The molecule has 0 fully saturated rings. The molecule has 0 aliphatic carbocycles. The van der Waals surface area contributed by atoms with Crippen LogP contribution in [-0.4, -0.2) is 34.6 Å². The summed E-state index contributed by atoms with van der Waals surface area (Å²) in [6.45, 7) is 10.2. The Morgan fingerprint density at radius 2 is 1.76 bits per heavy atom. The van der Waals surface area contributed by atoms with Crippen molar-refractivity contribution in [2.75, 3.05) is 5.75 Å². The Hall–Kier alpha value is -2.27. The Labute approximate surface area is 179 Å². The molecule has 1 N–H and O–H groups in total. The van der Waals surface area contributed by atoms with Crippen molar-refractivity contribution < 1.29 is 9.59 Å². The van der Waals surface area contributed by atoms with Gasteiger partial charge >= 0.3 is 0 Å². The molecule has 0 aliphatic rings. The molecule has 0 heterocycles. The highest BCUT2D eigenvalue weighted by Gasteiger charge is 2.26. The lowest BCUT2D eigenvalue weighted by atomic mass is 10.1. The molecule has 2 aromatic carbocycles. The summed E-state index contributed by atoms with van der Waals surface area (Å²) >= 11 is 1.59. The number of amides is 2. The number of carbonyl (C=O) groups is 2. The zero-order chi connectivity index (χ0) is 21.4. The molecule has 0 radical (unpaired) electrons. The summed E-state index contributed by atoms with van der Waals surface area (Å²) in [4.78, 5) is 27.4. The molecule has 1 atom stereocenters. The van der Waals surface area contributed by atoms with Crippen LogP contribution in [0.1, 0.15) is 43.0 Å². The van der Waals surface area contributed by atoms with Crippen molar-refractivity contribution in [3.63, 3.8) is 0 Å². The fourth-order valence-electron chi connectivity index (χ4n) is 3.10. The zero-order valence-electron chi connectivity index (χ0n) is 18.1. The number of nitrogens with one attached hydrogen (secondary N) is 1. The summed E-state index contributed by atoms with van der Waals surface area (Å²) in [5.74, 6) is 0.986. The van der Waals surface area contributed by atoms with Crippen molar-refractivity contribution >= 4 is 23.6 Å². The van der Waals surface area contributed by atoms with Gasteiger partial charge in [-0.05, 0) is 51.3 Å². The summed E-state index contributed by atoms with van der Waals surface area (Å²) in [5.41, 5.74) is 4.61. The van der Waals surface area contributed by atoms with Crippen LogP contribution < -0.4 is 5.32 Å². The lowest BCUT2D eigenvalue weighted by Gasteiger charge is -2.30. The molecule has 29 heavy (non-hydrogen) atoms. The molecule has 2 amide bonds. The van der Waals surface area contributed by atoms with Crippen LogP contribution in [0.2, 0.25) is 0 Å². The summed E-state index contributed by atoms with van der Waals surface area (Å²) < 4.78 is 0. The van der Waals surface area contributed by atoms with Crippen molar-refractivity contribution in [2.24, 2.45) is 0 Å². The molecule has 1 unspecified atom stereocenters. The summed E-state index contributed by atoms with van der Waals surface area (Å²) in [6.07, 6.45) is 0. The van der Waals surface area contributed by atoms with Crippen LogP contribution >= 0.6 is 11.8 Å². The molecule has 156 valence electrons. The predicted molar refractivity (Wildman–Crippen MR) is 122 cm³/mol. The Morgan fingerprint density at radius 3 is 2.41 bits per heavy atom. The highest BCUT2D eigenvalue weighted by atomic mass is 32.2. The van der Waals surface area contributed by atoms with Crippen LogP contribution in [-0.2, 0) is 21.9 Å². The van der Waals surface area contributed by atoms with Gasteiger partial charge in [-0.15, -0.1) is 11.8 Å². The first kappa shape index (κ1) is 23.0. The van der Waals surface area contributed by atoms with E-state index >= 15 is 0 Å². The summed E-state index contributed by atoms with van der Waals surface area (Å²) in [7, 11) is 0. The van der Waals surface area contributed by atoms with E-state index in [1.54, 1.807) is 23.6 Å². The van der Waals surface area contributed by atoms with Gasteiger partial charge in [0.15, 0.2) is 0 Å². The number of rotatable bonds is 9. The predicted octanol–water partition coefficient (Wildman–Crippen LogP) is 4.48. The fraction of sp³-hybridized carbons (Fsp3) is 0.417. The van der Waals surface area contributed by atoms with Crippen molar-refractivity contribution in [3.05, 3.63) is 70.8 Å². The van der Waals surface area contributed by atoms with Gasteiger partial charge in [0.25, 0.3) is 0 Å². The van der Waals surface area contributed by atoms with Crippen LogP contribution in [0, 0.1) is 13.8 Å². The lowest BCUT2D eigenvalue weighted by molar-refractivity contribution is -0.138. The largest absolute Gasteiger partial charge is 0.352 e. The maximum absolute atomic E-state index is 13.1. The van der Waals surface area contributed by atoms with E-state index in [9.17, 15) is 9.59 Å². The lowest BCUT2D eigenvalue weighted by Crippen LogP contribution is -2.49. The van der Waals surface area contributed by atoms with E-state index in [2.05, 4.69) is 30.4 Å². The van der Waals surface area contributed by atoms with Crippen LogP contribution in [0.5, 0.6) is 0 Å². The van der Waals surface area contributed by atoms with Crippen molar-refractivity contribution in [1.82, 2.24) is 10.2 Å². The molecule has 5 heteroatoms. The van der Waals surface area contributed by atoms with E-state index < -0.39 is 6.04 Å².